The van der Waals surface area contributed by atoms with Crippen molar-refractivity contribution in [3.8, 4) is 0 Å². The highest BCUT2D eigenvalue weighted by molar-refractivity contribution is 7.47. The molecule has 0 aromatic carbocycles. The van der Waals surface area contributed by atoms with Crippen LogP contribution in [0.2, 0.25) is 0 Å². The van der Waals surface area contributed by atoms with E-state index in [1.54, 1.807) is 27.7 Å². The Labute approximate surface area is 312 Å². The number of nitrogens with one attached hydrogen (secondary N) is 4. The summed E-state index contributed by atoms with van der Waals surface area (Å²) in [6.07, 6.45) is -11.9. The molecule has 3 aliphatic heterocycles. The quantitative estimate of drug-likeness (QED) is 0.107. The van der Waals surface area contributed by atoms with Gasteiger partial charge in [0.1, 0.15) is 36.6 Å². The molecular weight excluding hydrogens is 794 g/mol. The van der Waals surface area contributed by atoms with Crippen molar-refractivity contribution in [2.24, 2.45) is 11.8 Å². The first-order chi connectivity index (χ1) is 26.3. The summed E-state index contributed by atoms with van der Waals surface area (Å²) in [7, 11) is -10.7. The molecule has 4 aromatic heterocycles. The maximum Gasteiger partial charge on any atom is 0.472 e. The van der Waals surface area contributed by atoms with Crippen molar-refractivity contribution in [3.63, 3.8) is 0 Å². The minimum Gasteiger partial charge on any atom is -0.756 e. The smallest absolute Gasteiger partial charge is 0.472 e. The number of aliphatic hydroxyl groups excluding tert-OH is 2. The lowest BCUT2D eigenvalue weighted by atomic mass is 10.1. The predicted molar refractivity (Wildman–Crippen MR) is 182 cm³/mol. The largest absolute Gasteiger partial charge is 0.756 e. The van der Waals surface area contributed by atoms with E-state index in [1.165, 1.54) is 0 Å². The van der Waals surface area contributed by atoms with E-state index in [1.807, 2.05) is 0 Å². The molecule has 0 aliphatic carbocycles. The molecule has 3 saturated heterocycles. The van der Waals surface area contributed by atoms with Crippen molar-refractivity contribution < 1.29 is 66.3 Å². The van der Waals surface area contributed by atoms with Crippen LogP contribution in [-0.2, 0) is 46.3 Å². The molecule has 0 radical (unpaired) electrons. The van der Waals surface area contributed by atoms with Gasteiger partial charge in [-0.05, 0) is 0 Å². The number of fused-ring (bicyclic) bond motifs is 4. The van der Waals surface area contributed by atoms with Crippen LogP contribution < -0.4 is 26.6 Å². The minimum atomic E-state index is -5.45. The zero-order chi connectivity index (χ0) is 40.4. The number of imidazole rings is 2. The number of carbonyl (C=O) groups excluding carboxylic acids is 2. The Kier molecular flexibility index (Phi) is 10.6. The Morgan fingerprint density at radius 2 is 1.23 bits per heavy atom. The first kappa shape index (κ1) is 39.9. The van der Waals surface area contributed by atoms with Crippen molar-refractivity contribution in [1.29, 1.82) is 0 Å². The van der Waals surface area contributed by atoms with E-state index in [0.29, 0.717) is 0 Å². The number of carbonyl (C=O) groups is 2. The van der Waals surface area contributed by atoms with Gasteiger partial charge >= 0.3 is 7.82 Å². The Bertz CT molecular complexity index is 2230. The number of nitrogens with zero attached hydrogens (tertiary/aromatic N) is 6. The number of aromatic nitrogens is 8. The van der Waals surface area contributed by atoms with Crippen molar-refractivity contribution in [1.82, 2.24) is 39.0 Å². The fraction of sp³-hybridized carbons (Fsp3) is 0.571. The van der Waals surface area contributed by atoms with Crippen LogP contribution >= 0.6 is 15.6 Å². The molecule has 0 bridgehead atoms. The highest BCUT2D eigenvalue weighted by atomic mass is 31.2. The van der Waals surface area contributed by atoms with Gasteiger partial charge in [0.15, 0.2) is 34.8 Å². The molecule has 2 amide bonds. The number of hydrogen-bond donors (Lipinski definition) is 7. The molecule has 304 valence electrons. The zero-order valence-corrected chi connectivity index (χ0v) is 31.4. The molecule has 56 heavy (non-hydrogen) atoms. The van der Waals surface area contributed by atoms with Crippen molar-refractivity contribution >= 4 is 61.7 Å². The van der Waals surface area contributed by atoms with Crippen LogP contribution in [0, 0.1) is 11.8 Å². The fourth-order valence-corrected chi connectivity index (χ4v) is 7.90. The molecule has 3 aliphatic rings. The molecule has 7 N–H and O–H groups in total. The van der Waals surface area contributed by atoms with Gasteiger partial charge in [0.25, 0.3) is 18.9 Å². The number of anilines is 2. The maximum atomic E-state index is 13.3. The van der Waals surface area contributed by atoms with E-state index >= 15 is 0 Å². The Hall–Kier alpha value is -4.30. The summed E-state index contributed by atoms with van der Waals surface area (Å²) in [5.74, 6) is -2.45. The third kappa shape index (κ3) is 7.70. The number of ether oxygens (including phenoxy) is 2. The monoisotopic (exact) mass is 829 g/mol. The normalized spacial score (nSPS) is 32.6. The van der Waals surface area contributed by atoms with E-state index < -0.39 is 113 Å². The van der Waals surface area contributed by atoms with Gasteiger partial charge in [-0.15, -0.1) is 0 Å². The maximum absolute atomic E-state index is 13.3. The first-order valence-corrected chi connectivity index (χ1v) is 19.8. The molecule has 0 spiro atoms. The molecule has 7 heterocycles. The summed E-state index contributed by atoms with van der Waals surface area (Å²) >= 11 is 0. The Balaban J connectivity index is 1.15. The van der Waals surface area contributed by atoms with Gasteiger partial charge in [-0.2, -0.15) is 9.97 Å². The summed E-state index contributed by atoms with van der Waals surface area (Å²) in [4.78, 5) is 95.0. The number of phosphoric acid groups is 2. The van der Waals surface area contributed by atoms with Crippen LogP contribution in [0.15, 0.2) is 22.2 Å². The Morgan fingerprint density at radius 3 is 1.68 bits per heavy atom. The average molecular weight is 830 g/mol. The van der Waals surface area contributed by atoms with E-state index in [9.17, 15) is 48.3 Å². The van der Waals surface area contributed by atoms with E-state index in [-0.39, 0.29) is 34.2 Å². The lowest BCUT2D eigenvalue weighted by Gasteiger charge is -2.32. The molecule has 2 unspecified atom stereocenters. The number of rotatable bonds is 6. The summed E-state index contributed by atoms with van der Waals surface area (Å²) in [6, 6.07) is 0. The third-order valence-corrected chi connectivity index (χ3v) is 10.8. The van der Waals surface area contributed by atoms with Crippen molar-refractivity contribution in [2.75, 3.05) is 23.8 Å². The number of H-pyrrole nitrogens is 2. The van der Waals surface area contributed by atoms with Gasteiger partial charge in [-0.3, -0.25) is 62.5 Å². The number of amides is 2. The van der Waals surface area contributed by atoms with Gasteiger partial charge in [-0.1, -0.05) is 27.7 Å². The van der Waals surface area contributed by atoms with Crippen LogP contribution in [0.25, 0.3) is 22.3 Å². The number of phosphoric ester groups is 2. The molecular formula is C28H35N10O16P2-. The van der Waals surface area contributed by atoms with Gasteiger partial charge in [0.05, 0.1) is 25.9 Å². The fourth-order valence-electron chi connectivity index (χ4n) is 5.99. The summed E-state index contributed by atoms with van der Waals surface area (Å²) in [5, 5.41) is 27.5. The van der Waals surface area contributed by atoms with Crippen LogP contribution in [0.5, 0.6) is 0 Å². The second-order valence-corrected chi connectivity index (χ2v) is 16.3. The Morgan fingerprint density at radius 1 is 0.804 bits per heavy atom. The van der Waals surface area contributed by atoms with E-state index in [4.69, 9.17) is 27.6 Å². The van der Waals surface area contributed by atoms with Crippen LogP contribution in [0.4, 0.5) is 11.9 Å². The topological polar surface area (TPSA) is 359 Å². The van der Waals surface area contributed by atoms with Gasteiger partial charge in [-0.25, -0.2) is 14.5 Å². The molecule has 3 fully saturated rings. The minimum absolute atomic E-state index is 0.202. The van der Waals surface area contributed by atoms with Crippen LogP contribution in [0.1, 0.15) is 40.2 Å². The third-order valence-electron chi connectivity index (χ3n) is 8.87. The number of hydrogen-bond acceptors (Lipinski definition) is 19. The van der Waals surface area contributed by atoms with E-state index in [2.05, 4.69) is 40.5 Å². The lowest BCUT2D eigenvalue weighted by molar-refractivity contribution is -0.236. The lowest BCUT2D eigenvalue weighted by Crippen LogP contribution is -2.40. The van der Waals surface area contributed by atoms with Gasteiger partial charge in [0.2, 0.25) is 23.7 Å². The average Bonchev–Trinajstić information content (AvgIpc) is 3.87. The molecule has 26 nitrogen and oxygen atoms in total. The molecule has 0 saturated carbocycles. The molecule has 7 rings (SSSR count). The second-order valence-electron chi connectivity index (χ2n) is 13.5. The van der Waals surface area contributed by atoms with Gasteiger partial charge in [0, 0.05) is 11.8 Å². The van der Waals surface area contributed by atoms with E-state index in [0.717, 1.165) is 21.8 Å². The summed E-state index contributed by atoms with van der Waals surface area (Å²) < 4.78 is 61.0. The van der Waals surface area contributed by atoms with Crippen molar-refractivity contribution in [2.45, 2.75) is 76.8 Å². The highest BCUT2D eigenvalue weighted by Crippen LogP contribution is 2.52. The molecule has 28 heteroatoms. The van der Waals surface area contributed by atoms with Crippen LogP contribution in [-0.4, -0.2) is 116 Å². The highest BCUT2D eigenvalue weighted by Gasteiger charge is 2.53. The molecule has 10 atom stereocenters. The standard InChI is InChI=1S/C28H36N10O16P2/c1-9(2)21(41)33-27-31-19-13(23(43)35-27)29-7-37(19)25-15(39)17-11(51-25)5-49-56(47,48)54-18-12(6-50-55(45,46)53-17)52-26(16(18)40)38-8-30-14-20(38)32-28(36-24(14)44)34-22(42)10(3)4/h7-12,15-18,25-26,39-40H,5-6H2,1-4H3,(H,45,46)(H,47,48)(H2,31,33,35,41,43)(H2,32,34,36,42,44)/p-1/t11-,12-,15-,16-,17-,18-,25-,26-/m1/s1. The summed E-state index contributed by atoms with van der Waals surface area (Å²) in [6.45, 7) is 4.48. The van der Waals surface area contributed by atoms with Gasteiger partial charge < -0.3 is 38.5 Å². The first-order valence-electron chi connectivity index (χ1n) is 16.8. The molecule has 4 aromatic rings. The second kappa shape index (κ2) is 14.9. The SMILES string of the molecule is CC(C)C(=O)Nc1nc2c(ncn2[C@@H]2O[C@@H]3COP(=O)(O)O[C@H]4[C@@H](O)[C@H](n5cnc6c(=O)[nH]c(NC(=O)C(C)C)nc65)O[C@@H]4COP(=O)([O-])O[C@H]3[C@H]2O)c(=O)[nH]1. The van der Waals surface area contributed by atoms with Crippen LogP contribution in [0.3, 0.4) is 0 Å². The number of aromatic amines is 2. The van der Waals surface area contributed by atoms with Crippen molar-refractivity contribution in [3.05, 3.63) is 33.4 Å². The zero-order valence-electron chi connectivity index (χ0n) is 29.6. The summed E-state index contributed by atoms with van der Waals surface area (Å²) in [5.41, 5.74) is -2.44. The number of aliphatic hydroxyl groups is 2. The predicted octanol–water partition coefficient (Wildman–Crippen LogP) is -1.66.